The molecule has 10 heteroatoms. The van der Waals surface area contributed by atoms with Gasteiger partial charge in [0.2, 0.25) is 5.52 Å². The number of hydrogen-bond donors (Lipinski definition) is 0. The maximum Gasteiger partial charge on any atom is 0.485 e. The summed E-state index contributed by atoms with van der Waals surface area (Å²) in [6.07, 6.45) is 1.21. The molecule has 146 valence electrons. The van der Waals surface area contributed by atoms with Crippen molar-refractivity contribution in [1.82, 2.24) is 0 Å². The van der Waals surface area contributed by atoms with Gasteiger partial charge in [0.05, 0.1) is 5.56 Å². The second-order valence-electron chi connectivity index (χ2n) is 5.34. The first-order chi connectivity index (χ1) is 12.6. The summed E-state index contributed by atoms with van der Waals surface area (Å²) in [7, 11) is -6.09. The van der Waals surface area contributed by atoms with Crippen LogP contribution < -0.4 is 4.57 Å². The Morgan fingerprint density at radius 3 is 2.15 bits per heavy atom. The van der Waals surface area contributed by atoms with Gasteiger partial charge in [0.25, 0.3) is 5.01 Å². The second kappa shape index (κ2) is 9.30. The average molecular weight is 529 g/mol. The van der Waals surface area contributed by atoms with Gasteiger partial charge in [-0.1, -0.05) is 64.3 Å². The van der Waals surface area contributed by atoms with Crippen LogP contribution in [-0.4, -0.2) is 22.9 Å². The summed E-state index contributed by atoms with van der Waals surface area (Å²) in [6.45, 7) is 1.09. The minimum absolute atomic E-state index is 1.09. The molecule has 0 amide bonds. The SMILES string of the molecule is ICCC[n+]1c(-c2ccccc2)sc2ccccc21.O=S(=O)([O-])C(F)(F)F. The third-order valence-electron chi connectivity index (χ3n) is 3.43. The monoisotopic (exact) mass is 529 g/mol. The van der Waals surface area contributed by atoms with Gasteiger partial charge in [-0.15, -0.1) is 0 Å². The Morgan fingerprint density at radius 1 is 1.04 bits per heavy atom. The van der Waals surface area contributed by atoms with E-state index in [2.05, 4.69) is 81.8 Å². The maximum atomic E-state index is 10.7. The van der Waals surface area contributed by atoms with Crippen molar-refractivity contribution in [2.24, 2.45) is 0 Å². The van der Waals surface area contributed by atoms with Crippen molar-refractivity contribution in [3.05, 3.63) is 54.6 Å². The smallest absolute Gasteiger partial charge is 0.485 e. The van der Waals surface area contributed by atoms with Gasteiger partial charge in [0.15, 0.2) is 16.7 Å². The van der Waals surface area contributed by atoms with Crippen molar-refractivity contribution in [2.45, 2.75) is 18.5 Å². The minimum Gasteiger partial charge on any atom is -0.741 e. The first-order valence-electron chi connectivity index (χ1n) is 7.70. The molecule has 0 aliphatic carbocycles. The molecule has 0 fully saturated rings. The van der Waals surface area contributed by atoms with Gasteiger partial charge in [-0.3, -0.25) is 0 Å². The first kappa shape index (κ1) is 22.1. The Bertz CT molecular complexity index is 990. The van der Waals surface area contributed by atoms with Crippen molar-refractivity contribution in [3.8, 4) is 10.6 Å². The van der Waals surface area contributed by atoms with E-state index in [1.165, 1.54) is 31.6 Å². The number of nitrogens with zero attached hydrogens (tertiary/aromatic N) is 1. The highest BCUT2D eigenvalue weighted by Gasteiger charge is 2.36. The van der Waals surface area contributed by atoms with Gasteiger partial charge in [-0.2, -0.15) is 17.7 Å². The summed E-state index contributed by atoms with van der Waals surface area (Å²) in [5, 5.41) is 1.37. The predicted octanol–water partition coefficient (Wildman–Crippen LogP) is 4.73. The summed E-state index contributed by atoms with van der Waals surface area (Å²) < 4.78 is 63.9. The fraction of sp³-hybridized carbons (Fsp3) is 0.235. The molecule has 0 aliphatic rings. The number of benzene rings is 2. The van der Waals surface area contributed by atoms with E-state index in [-0.39, 0.29) is 0 Å². The molecule has 1 heterocycles. The van der Waals surface area contributed by atoms with E-state index in [1.807, 2.05) is 11.3 Å². The van der Waals surface area contributed by atoms with E-state index in [1.54, 1.807) is 0 Å². The minimum atomic E-state index is -6.09. The third kappa shape index (κ3) is 5.87. The van der Waals surface area contributed by atoms with Crippen LogP contribution in [0.5, 0.6) is 0 Å². The lowest BCUT2D eigenvalue weighted by Gasteiger charge is -2.08. The lowest BCUT2D eigenvalue weighted by molar-refractivity contribution is -0.656. The highest BCUT2D eigenvalue weighted by atomic mass is 127. The molecule has 0 N–H and O–H groups in total. The largest absolute Gasteiger partial charge is 0.741 e. The van der Waals surface area contributed by atoms with Crippen molar-refractivity contribution < 1.29 is 30.7 Å². The van der Waals surface area contributed by atoms with Crippen molar-refractivity contribution >= 4 is 54.3 Å². The van der Waals surface area contributed by atoms with E-state index in [9.17, 15) is 13.2 Å². The van der Waals surface area contributed by atoms with Gasteiger partial charge < -0.3 is 4.55 Å². The second-order valence-corrected chi connectivity index (χ2v) is 8.82. The molecule has 0 radical (unpaired) electrons. The van der Waals surface area contributed by atoms with Crippen LogP contribution in [0.15, 0.2) is 54.6 Å². The normalized spacial score (nSPS) is 11.9. The molecule has 0 saturated heterocycles. The number of alkyl halides is 4. The van der Waals surface area contributed by atoms with Crippen LogP contribution in [0.25, 0.3) is 20.8 Å². The number of aromatic nitrogens is 1. The third-order valence-corrected chi connectivity index (χ3v) is 5.97. The molecule has 0 spiro atoms. The lowest BCUT2D eigenvalue weighted by atomic mass is 10.2. The number of para-hydroxylation sites is 1. The Balaban J connectivity index is 0.000000279. The Labute approximate surface area is 172 Å². The van der Waals surface area contributed by atoms with E-state index in [0.717, 1.165) is 6.54 Å². The molecule has 1 aromatic heterocycles. The molecule has 3 rings (SSSR count). The van der Waals surface area contributed by atoms with Gasteiger partial charge >= 0.3 is 5.51 Å². The van der Waals surface area contributed by atoms with Crippen molar-refractivity contribution in [2.75, 3.05) is 4.43 Å². The number of halogens is 4. The van der Waals surface area contributed by atoms with Gasteiger partial charge in [0, 0.05) is 16.9 Å². The maximum absolute atomic E-state index is 10.7. The highest BCUT2D eigenvalue weighted by Crippen LogP contribution is 2.28. The molecule has 27 heavy (non-hydrogen) atoms. The molecule has 0 atom stereocenters. The zero-order valence-electron chi connectivity index (χ0n) is 13.8. The summed E-state index contributed by atoms with van der Waals surface area (Å²) in [4.78, 5) is 0. The topological polar surface area (TPSA) is 61.1 Å². The zero-order chi connectivity index (χ0) is 20.1. The molecular weight excluding hydrogens is 514 g/mol. The van der Waals surface area contributed by atoms with Gasteiger partial charge in [-0.25, -0.2) is 8.42 Å². The fourth-order valence-electron chi connectivity index (χ4n) is 2.27. The predicted molar refractivity (Wildman–Crippen MR) is 107 cm³/mol. The van der Waals surface area contributed by atoms with Crippen LogP contribution in [0.4, 0.5) is 13.2 Å². The van der Waals surface area contributed by atoms with Crippen LogP contribution in [0.3, 0.4) is 0 Å². The summed E-state index contributed by atoms with van der Waals surface area (Å²) in [5.41, 5.74) is -2.97. The van der Waals surface area contributed by atoms with Gasteiger partial charge in [0.1, 0.15) is 4.70 Å². The molecular formula is C17H15F3INO3S2. The van der Waals surface area contributed by atoms with Crippen LogP contribution >= 0.6 is 33.9 Å². The lowest BCUT2D eigenvalue weighted by Crippen LogP contribution is -2.34. The van der Waals surface area contributed by atoms with Crippen molar-refractivity contribution in [3.63, 3.8) is 0 Å². The quantitative estimate of drug-likeness (QED) is 0.162. The van der Waals surface area contributed by atoms with Gasteiger partial charge in [-0.05, 0) is 18.2 Å². The number of thiazole rings is 1. The molecule has 0 unspecified atom stereocenters. The molecule has 3 aromatic rings. The van der Waals surface area contributed by atoms with E-state index in [0.29, 0.717) is 0 Å². The van der Waals surface area contributed by atoms with Crippen LogP contribution in [0, 0.1) is 0 Å². The number of hydrogen-bond acceptors (Lipinski definition) is 4. The van der Waals surface area contributed by atoms with Crippen molar-refractivity contribution in [1.29, 1.82) is 0 Å². The number of rotatable bonds is 4. The molecule has 0 saturated carbocycles. The first-order valence-corrected chi connectivity index (χ1v) is 11.4. The average Bonchev–Trinajstić information content (AvgIpc) is 2.98. The zero-order valence-corrected chi connectivity index (χ0v) is 17.6. The molecule has 0 aliphatic heterocycles. The Kier molecular flexibility index (Phi) is 7.60. The van der Waals surface area contributed by atoms with Crippen LogP contribution in [0.2, 0.25) is 0 Å². The van der Waals surface area contributed by atoms with Crippen LogP contribution in [0.1, 0.15) is 6.42 Å². The summed E-state index contributed by atoms with van der Waals surface area (Å²) in [6, 6.07) is 19.4. The Morgan fingerprint density at radius 2 is 1.59 bits per heavy atom. The van der Waals surface area contributed by atoms with E-state index >= 15 is 0 Å². The highest BCUT2D eigenvalue weighted by molar-refractivity contribution is 14.1. The number of fused-ring (bicyclic) bond motifs is 1. The van der Waals surface area contributed by atoms with E-state index in [4.69, 9.17) is 13.0 Å². The molecule has 4 nitrogen and oxygen atoms in total. The summed E-state index contributed by atoms with van der Waals surface area (Å²) in [5.74, 6) is 0. The number of aryl methyl sites for hydroxylation is 1. The summed E-state index contributed by atoms with van der Waals surface area (Å²) >= 11 is 4.34. The molecule has 2 aromatic carbocycles. The van der Waals surface area contributed by atoms with Crippen LogP contribution in [-0.2, 0) is 16.7 Å². The Hall–Kier alpha value is -1.24. The fourth-order valence-corrected chi connectivity index (χ4v) is 3.80. The van der Waals surface area contributed by atoms with E-state index < -0.39 is 15.6 Å². The standard InChI is InChI=1S/C16H15INS.CHF3O3S/c17-11-6-12-18-14-9-4-5-10-15(14)19-16(18)13-7-2-1-3-8-13;2-1(3,4)8(5,6)7/h1-5,7-10H,6,11-12H2;(H,5,6,7)/q+1;/p-1. The molecule has 0 bridgehead atoms.